The van der Waals surface area contributed by atoms with Gasteiger partial charge < -0.3 is 15.0 Å². The molecule has 1 atom stereocenters. The lowest BCUT2D eigenvalue weighted by atomic mass is 9.89. The zero-order valence-electron chi connectivity index (χ0n) is 14.1. The highest BCUT2D eigenvalue weighted by atomic mass is 35.5. The molecule has 1 N–H and O–H groups in total. The van der Waals surface area contributed by atoms with Crippen LogP contribution in [0.5, 0.6) is 0 Å². The first-order chi connectivity index (χ1) is 10.2. The molecule has 2 aliphatic heterocycles. The quantitative estimate of drug-likeness (QED) is 0.820. The number of ether oxygens (including phenoxy) is 1. The van der Waals surface area contributed by atoms with Crippen molar-refractivity contribution in [2.75, 3.05) is 46.4 Å². The van der Waals surface area contributed by atoms with Gasteiger partial charge in [-0.15, -0.1) is 24.8 Å². The second-order valence-electron chi connectivity index (χ2n) is 6.86. The van der Waals surface area contributed by atoms with E-state index in [1.54, 1.807) is 0 Å². The van der Waals surface area contributed by atoms with E-state index in [2.05, 4.69) is 10.2 Å². The number of nitrogens with one attached hydrogen (secondary N) is 1. The van der Waals surface area contributed by atoms with Gasteiger partial charge in [0.15, 0.2) is 0 Å². The van der Waals surface area contributed by atoms with Crippen molar-refractivity contribution in [3.63, 3.8) is 0 Å². The zero-order chi connectivity index (χ0) is 14.7. The van der Waals surface area contributed by atoms with Crippen LogP contribution in [0.1, 0.15) is 38.5 Å². The van der Waals surface area contributed by atoms with E-state index in [1.807, 2.05) is 11.9 Å². The standard InChI is InChI=1S/C16H29N3O2.2ClH/c1-18(14-4-7-17-13-14)15(20)12-16(5-2-3-6-16)19-8-10-21-11-9-19;;/h14,17H,2-13H2,1H3;2*1H. The maximum absolute atomic E-state index is 12.8. The van der Waals surface area contributed by atoms with E-state index >= 15 is 0 Å². The fourth-order valence-electron chi connectivity index (χ4n) is 4.26. The van der Waals surface area contributed by atoms with Crippen LogP contribution in [0, 0.1) is 0 Å². The summed E-state index contributed by atoms with van der Waals surface area (Å²) in [6, 6.07) is 0.389. The molecule has 0 aromatic heterocycles. The van der Waals surface area contributed by atoms with Crippen molar-refractivity contribution in [1.82, 2.24) is 15.1 Å². The molecule has 7 heteroatoms. The fraction of sp³-hybridized carbons (Fsp3) is 0.938. The Hall–Kier alpha value is -0.0700. The lowest BCUT2D eigenvalue weighted by Crippen LogP contribution is -2.54. The molecule has 1 unspecified atom stereocenters. The lowest BCUT2D eigenvalue weighted by molar-refractivity contribution is -0.136. The number of nitrogens with zero attached hydrogens (tertiary/aromatic N) is 2. The predicted octanol–water partition coefficient (Wildman–Crippen LogP) is 1.69. The fourth-order valence-corrected chi connectivity index (χ4v) is 4.26. The SMILES string of the molecule is CN(C(=O)CC1(N2CCOCC2)CCCC1)C1CCNC1.Cl.Cl. The average molecular weight is 368 g/mol. The first-order valence-corrected chi connectivity index (χ1v) is 8.50. The highest BCUT2D eigenvalue weighted by Crippen LogP contribution is 2.39. The van der Waals surface area contributed by atoms with Gasteiger partial charge in [0.1, 0.15) is 0 Å². The number of hydrogen-bond donors (Lipinski definition) is 1. The molecule has 23 heavy (non-hydrogen) atoms. The first kappa shape index (κ1) is 21.0. The van der Waals surface area contributed by atoms with Crippen LogP contribution in [0.3, 0.4) is 0 Å². The third-order valence-corrected chi connectivity index (χ3v) is 5.67. The second kappa shape index (κ2) is 9.42. The minimum absolute atomic E-state index is 0. The van der Waals surface area contributed by atoms with Gasteiger partial charge in [0, 0.05) is 44.7 Å². The number of amides is 1. The third kappa shape index (κ3) is 4.73. The first-order valence-electron chi connectivity index (χ1n) is 8.50. The number of carbonyl (C=O) groups is 1. The summed E-state index contributed by atoms with van der Waals surface area (Å²) in [4.78, 5) is 17.3. The van der Waals surface area contributed by atoms with Gasteiger partial charge in [-0.05, 0) is 25.8 Å². The molecule has 3 aliphatic rings. The van der Waals surface area contributed by atoms with Gasteiger partial charge in [-0.25, -0.2) is 0 Å². The summed E-state index contributed by atoms with van der Waals surface area (Å²) in [5.41, 5.74) is 0.112. The predicted molar refractivity (Wildman–Crippen MR) is 96.7 cm³/mol. The number of morpholine rings is 1. The molecule has 0 aromatic rings. The topological polar surface area (TPSA) is 44.8 Å². The summed E-state index contributed by atoms with van der Waals surface area (Å²) in [6.07, 6.45) is 6.66. The molecule has 2 saturated heterocycles. The number of carbonyl (C=O) groups excluding carboxylic acids is 1. The van der Waals surface area contributed by atoms with Gasteiger partial charge in [-0.1, -0.05) is 12.8 Å². The Morgan fingerprint density at radius 2 is 1.91 bits per heavy atom. The molecule has 0 aromatic carbocycles. The van der Waals surface area contributed by atoms with E-state index in [-0.39, 0.29) is 30.4 Å². The van der Waals surface area contributed by atoms with Gasteiger partial charge in [0.25, 0.3) is 0 Å². The average Bonchev–Trinajstić information content (AvgIpc) is 3.19. The van der Waals surface area contributed by atoms with Crippen molar-refractivity contribution in [1.29, 1.82) is 0 Å². The molecule has 0 radical (unpaired) electrons. The van der Waals surface area contributed by atoms with Crippen LogP contribution in [0.15, 0.2) is 0 Å². The van der Waals surface area contributed by atoms with Crippen LogP contribution in [0.4, 0.5) is 0 Å². The van der Waals surface area contributed by atoms with Crippen molar-refractivity contribution in [3.8, 4) is 0 Å². The van der Waals surface area contributed by atoms with Gasteiger partial charge in [0.2, 0.25) is 5.91 Å². The molecule has 1 amide bonds. The van der Waals surface area contributed by atoms with Crippen molar-refractivity contribution in [3.05, 3.63) is 0 Å². The Morgan fingerprint density at radius 3 is 2.48 bits per heavy atom. The van der Waals surface area contributed by atoms with E-state index < -0.39 is 0 Å². The second-order valence-corrected chi connectivity index (χ2v) is 6.86. The lowest BCUT2D eigenvalue weighted by Gasteiger charge is -2.44. The van der Waals surface area contributed by atoms with E-state index in [4.69, 9.17) is 4.74 Å². The van der Waals surface area contributed by atoms with E-state index in [0.717, 1.165) is 45.8 Å². The molecule has 5 nitrogen and oxygen atoms in total. The Morgan fingerprint density at radius 1 is 1.26 bits per heavy atom. The van der Waals surface area contributed by atoms with Crippen LogP contribution in [-0.2, 0) is 9.53 Å². The van der Waals surface area contributed by atoms with Crippen LogP contribution < -0.4 is 5.32 Å². The maximum atomic E-state index is 12.8. The van der Waals surface area contributed by atoms with Crippen molar-refractivity contribution >= 4 is 30.7 Å². The molecule has 1 aliphatic carbocycles. The third-order valence-electron chi connectivity index (χ3n) is 5.67. The van der Waals surface area contributed by atoms with Gasteiger partial charge >= 0.3 is 0 Å². The van der Waals surface area contributed by atoms with Crippen LogP contribution >= 0.6 is 24.8 Å². The molecule has 3 rings (SSSR count). The van der Waals surface area contributed by atoms with Crippen molar-refractivity contribution in [2.45, 2.75) is 50.1 Å². The zero-order valence-corrected chi connectivity index (χ0v) is 15.7. The number of rotatable bonds is 4. The van der Waals surface area contributed by atoms with Crippen LogP contribution in [0.2, 0.25) is 0 Å². The normalized spacial score (nSPS) is 27.1. The molecule has 0 bridgehead atoms. The van der Waals surface area contributed by atoms with E-state index in [1.165, 1.54) is 25.7 Å². The van der Waals surface area contributed by atoms with Gasteiger partial charge in [0.05, 0.1) is 13.2 Å². The summed E-state index contributed by atoms with van der Waals surface area (Å²) in [6.45, 7) is 5.60. The summed E-state index contributed by atoms with van der Waals surface area (Å²) in [7, 11) is 1.99. The van der Waals surface area contributed by atoms with Crippen LogP contribution in [-0.4, -0.2) is 73.7 Å². The van der Waals surface area contributed by atoms with E-state index in [9.17, 15) is 4.79 Å². The molecule has 0 spiro atoms. The Kier molecular flexibility index (Phi) is 8.59. The molecule has 1 saturated carbocycles. The van der Waals surface area contributed by atoms with Crippen LogP contribution in [0.25, 0.3) is 0 Å². The van der Waals surface area contributed by atoms with Crippen molar-refractivity contribution in [2.24, 2.45) is 0 Å². The molecule has 3 fully saturated rings. The van der Waals surface area contributed by atoms with Gasteiger partial charge in [-0.2, -0.15) is 0 Å². The van der Waals surface area contributed by atoms with E-state index in [0.29, 0.717) is 18.4 Å². The largest absolute Gasteiger partial charge is 0.379 e. The monoisotopic (exact) mass is 367 g/mol. The minimum Gasteiger partial charge on any atom is -0.379 e. The molecule has 2 heterocycles. The van der Waals surface area contributed by atoms with Gasteiger partial charge in [-0.3, -0.25) is 9.69 Å². The number of halogens is 2. The van der Waals surface area contributed by atoms with Crippen molar-refractivity contribution < 1.29 is 9.53 Å². The summed E-state index contributed by atoms with van der Waals surface area (Å²) in [5.74, 6) is 0.331. The Balaban J connectivity index is 0.00000132. The maximum Gasteiger partial charge on any atom is 0.224 e. The summed E-state index contributed by atoms with van der Waals surface area (Å²) in [5, 5.41) is 3.35. The highest BCUT2D eigenvalue weighted by Gasteiger charge is 2.42. The Bertz CT molecular complexity index is 366. The Labute approximate surface area is 152 Å². The highest BCUT2D eigenvalue weighted by molar-refractivity contribution is 5.85. The summed E-state index contributed by atoms with van der Waals surface area (Å²) < 4.78 is 5.49. The number of likely N-dealkylation sites (N-methyl/N-ethyl adjacent to an activating group) is 1. The molecule has 136 valence electrons. The minimum atomic E-state index is 0. The number of hydrogen-bond acceptors (Lipinski definition) is 4. The molecular formula is C16H31Cl2N3O2. The molecular weight excluding hydrogens is 337 g/mol. The smallest absolute Gasteiger partial charge is 0.224 e. The summed E-state index contributed by atoms with van der Waals surface area (Å²) >= 11 is 0.